The Kier molecular flexibility index (Phi) is 7.81. The van der Waals surface area contributed by atoms with Crippen molar-refractivity contribution in [3.63, 3.8) is 0 Å². The Morgan fingerprint density at radius 2 is 1.90 bits per heavy atom. The molecule has 1 aromatic carbocycles. The van der Waals surface area contributed by atoms with Gasteiger partial charge < -0.3 is 30.7 Å². The van der Waals surface area contributed by atoms with Crippen LogP contribution in [0.15, 0.2) is 30.5 Å². The molecule has 1 aliphatic heterocycles. The van der Waals surface area contributed by atoms with E-state index in [4.69, 9.17) is 26.8 Å². The fraction of sp³-hybridized carbons (Fsp3) is 0.481. The average Bonchev–Trinajstić information content (AvgIpc) is 3.44. The second kappa shape index (κ2) is 11.3. The molecule has 0 saturated heterocycles. The maximum Gasteiger partial charge on any atom is 0.404 e. The lowest BCUT2D eigenvalue weighted by Crippen LogP contribution is -2.41. The number of carbonyl (C=O) groups excluding carboxylic acids is 2. The smallest absolute Gasteiger partial charge is 0.404 e. The van der Waals surface area contributed by atoms with Gasteiger partial charge in [-0.25, -0.2) is 9.78 Å². The van der Waals surface area contributed by atoms with Gasteiger partial charge in [-0.1, -0.05) is 23.8 Å². The Hall–Kier alpha value is -3.57. The first kappa shape index (κ1) is 27.0. The van der Waals surface area contributed by atoms with Gasteiger partial charge in [0.25, 0.3) is 0 Å². The minimum absolute atomic E-state index is 0.0964. The molecular weight excluding hydrogens is 522 g/mol. The highest BCUT2D eigenvalue weighted by atomic mass is 35.5. The zero-order valence-corrected chi connectivity index (χ0v) is 23.1. The Morgan fingerprint density at radius 1 is 1.18 bits per heavy atom. The van der Waals surface area contributed by atoms with E-state index in [1.54, 1.807) is 26.1 Å². The quantitative estimate of drug-likeness (QED) is 0.420. The molecule has 1 fully saturated rings. The molecule has 11 nitrogen and oxygen atoms in total. The number of rotatable bonds is 8. The molecule has 2 amide bonds. The number of nitrogens with zero attached hydrogens (tertiary/aromatic N) is 4. The Balaban J connectivity index is 1.33. The van der Waals surface area contributed by atoms with Gasteiger partial charge in [0.2, 0.25) is 11.9 Å². The van der Waals surface area contributed by atoms with Gasteiger partial charge in [0.1, 0.15) is 16.9 Å². The van der Waals surface area contributed by atoms with Gasteiger partial charge in [-0.05, 0) is 42.5 Å². The van der Waals surface area contributed by atoms with Gasteiger partial charge in [0.05, 0.1) is 31.6 Å². The molecule has 39 heavy (non-hydrogen) atoms. The van der Waals surface area contributed by atoms with E-state index in [0.29, 0.717) is 29.1 Å². The standard InChI is InChI=1S/C27H34ClN7O4/c1-34(2)22(36)14-35-8-6-15-11-20(21(38-3)12-16(15)7-9-35)31-27-30-13-19(28)25(33-27)32-23-17-4-5-18(10-17)24(23)39-26(29)37/h4-5,11-13,17-18,23-24H,6-10,14H2,1-3H3,(H2,29,37)(H2,30,31,32,33)/t17-,18+,23+,24-/m0/s1. The number of aromatic nitrogens is 2. The van der Waals surface area contributed by atoms with E-state index in [0.717, 1.165) is 38.0 Å². The van der Waals surface area contributed by atoms with Crippen LogP contribution in [0.3, 0.4) is 0 Å². The molecule has 1 saturated carbocycles. The van der Waals surface area contributed by atoms with Gasteiger partial charge in [-0.2, -0.15) is 4.98 Å². The molecule has 0 unspecified atom stereocenters. The summed E-state index contributed by atoms with van der Waals surface area (Å²) in [6.07, 6.45) is 7.03. The number of likely N-dealkylation sites (N-methyl/N-ethyl adjacent to an activating group) is 1. The van der Waals surface area contributed by atoms with Crippen molar-refractivity contribution in [1.29, 1.82) is 0 Å². The number of nitrogens with one attached hydrogen (secondary N) is 2. The largest absolute Gasteiger partial charge is 0.495 e. The predicted octanol–water partition coefficient (Wildman–Crippen LogP) is 2.82. The van der Waals surface area contributed by atoms with Crippen LogP contribution in [-0.4, -0.2) is 84.8 Å². The zero-order chi connectivity index (χ0) is 27.7. The molecule has 4 N–H and O–H groups in total. The van der Waals surface area contributed by atoms with Crippen molar-refractivity contribution in [2.24, 2.45) is 17.6 Å². The maximum atomic E-state index is 12.2. The molecule has 2 aliphatic carbocycles. The summed E-state index contributed by atoms with van der Waals surface area (Å²) >= 11 is 6.45. The highest BCUT2D eigenvalue weighted by Crippen LogP contribution is 2.43. The first-order valence-corrected chi connectivity index (χ1v) is 13.4. The van der Waals surface area contributed by atoms with Gasteiger partial charge in [-0.15, -0.1) is 0 Å². The van der Waals surface area contributed by atoms with Gasteiger partial charge in [-0.3, -0.25) is 9.69 Å². The summed E-state index contributed by atoms with van der Waals surface area (Å²) in [6, 6.07) is 3.91. The van der Waals surface area contributed by atoms with Crippen LogP contribution < -0.4 is 21.1 Å². The lowest BCUT2D eigenvalue weighted by atomic mass is 9.98. The molecule has 5 rings (SSSR count). The molecule has 12 heteroatoms. The third-order valence-electron chi connectivity index (χ3n) is 7.71. The second-order valence-electron chi connectivity index (χ2n) is 10.4. The third-order valence-corrected chi connectivity index (χ3v) is 7.98. The summed E-state index contributed by atoms with van der Waals surface area (Å²) in [7, 11) is 5.18. The van der Waals surface area contributed by atoms with E-state index in [2.05, 4.69) is 43.7 Å². The summed E-state index contributed by atoms with van der Waals surface area (Å²) in [5.41, 5.74) is 8.44. The van der Waals surface area contributed by atoms with E-state index < -0.39 is 12.2 Å². The van der Waals surface area contributed by atoms with Gasteiger partial charge in [0.15, 0.2) is 5.82 Å². The van der Waals surface area contributed by atoms with Gasteiger partial charge >= 0.3 is 6.09 Å². The highest BCUT2D eigenvalue weighted by Gasteiger charge is 2.47. The number of anilines is 3. The lowest BCUT2D eigenvalue weighted by molar-refractivity contribution is -0.129. The van der Waals surface area contributed by atoms with E-state index >= 15 is 0 Å². The summed E-state index contributed by atoms with van der Waals surface area (Å²) in [4.78, 5) is 36.5. The molecule has 4 atom stereocenters. The van der Waals surface area contributed by atoms with Gasteiger partial charge in [0, 0.05) is 39.0 Å². The van der Waals surface area contributed by atoms with Crippen LogP contribution >= 0.6 is 11.6 Å². The fourth-order valence-electron chi connectivity index (χ4n) is 5.63. The maximum absolute atomic E-state index is 12.2. The van der Waals surface area contributed by atoms with Crippen molar-refractivity contribution in [2.45, 2.75) is 31.4 Å². The van der Waals surface area contributed by atoms with Crippen LogP contribution in [0.25, 0.3) is 0 Å². The van der Waals surface area contributed by atoms with E-state index in [1.165, 1.54) is 17.3 Å². The molecular formula is C27H34ClN7O4. The molecule has 1 aromatic heterocycles. The topological polar surface area (TPSA) is 135 Å². The number of fused-ring (bicyclic) bond motifs is 3. The SMILES string of the molecule is COc1cc2c(cc1Nc1ncc(Cl)c(N[C@H]3[C@@H](OC(N)=O)[C@@H]4C=C[C@H]3C4)n1)CCN(CC(=O)N(C)C)CC2. The number of benzene rings is 1. The highest BCUT2D eigenvalue weighted by molar-refractivity contribution is 6.32. The minimum atomic E-state index is -0.799. The fourth-order valence-corrected chi connectivity index (χ4v) is 5.77. The number of primary amides is 1. The number of carbonyl (C=O) groups is 2. The summed E-state index contributed by atoms with van der Waals surface area (Å²) in [5.74, 6) is 1.84. The third kappa shape index (κ3) is 5.89. The average molecular weight is 556 g/mol. The van der Waals surface area contributed by atoms with Crippen molar-refractivity contribution in [3.8, 4) is 5.75 Å². The van der Waals surface area contributed by atoms with E-state index in [1.807, 2.05) is 6.07 Å². The first-order chi connectivity index (χ1) is 18.7. The normalized spacial score (nSPS) is 23.6. The van der Waals surface area contributed by atoms with Crippen molar-refractivity contribution >= 4 is 41.1 Å². The van der Waals surface area contributed by atoms with E-state index in [9.17, 15) is 9.59 Å². The Labute approximate surface area is 232 Å². The first-order valence-electron chi connectivity index (χ1n) is 13.0. The van der Waals surface area contributed by atoms with Crippen LogP contribution in [0.2, 0.25) is 5.02 Å². The van der Waals surface area contributed by atoms with E-state index in [-0.39, 0.29) is 23.8 Å². The van der Waals surface area contributed by atoms with Crippen molar-refractivity contribution in [1.82, 2.24) is 19.8 Å². The number of hydrogen-bond acceptors (Lipinski definition) is 9. The molecule has 2 bridgehead atoms. The van der Waals surface area contributed by atoms with Crippen molar-refractivity contribution in [3.05, 3.63) is 46.6 Å². The van der Waals surface area contributed by atoms with Crippen LogP contribution in [0, 0.1) is 11.8 Å². The number of hydrogen-bond donors (Lipinski definition) is 3. The number of ether oxygens (including phenoxy) is 2. The van der Waals surface area contributed by atoms with Crippen LogP contribution in [-0.2, 0) is 22.4 Å². The predicted molar refractivity (Wildman–Crippen MR) is 148 cm³/mol. The summed E-state index contributed by atoms with van der Waals surface area (Å²) < 4.78 is 11.1. The number of methoxy groups -OCH3 is 1. The van der Waals surface area contributed by atoms with Crippen LogP contribution in [0.4, 0.5) is 22.2 Å². The zero-order valence-electron chi connectivity index (χ0n) is 22.3. The number of halogens is 1. The summed E-state index contributed by atoms with van der Waals surface area (Å²) in [5, 5.41) is 7.00. The molecule has 208 valence electrons. The van der Waals surface area contributed by atoms with Crippen molar-refractivity contribution < 1.29 is 19.1 Å². The molecule has 3 aliphatic rings. The molecule has 2 heterocycles. The minimum Gasteiger partial charge on any atom is -0.495 e. The molecule has 0 radical (unpaired) electrons. The number of nitrogens with two attached hydrogens (primary N) is 1. The molecule has 0 spiro atoms. The second-order valence-corrected chi connectivity index (χ2v) is 10.8. The Bertz CT molecular complexity index is 1290. The monoisotopic (exact) mass is 555 g/mol. The molecule has 2 aromatic rings. The lowest BCUT2D eigenvalue weighted by Gasteiger charge is -2.28. The van der Waals surface area contributed by atoms with Crippen LogP contribution in [0.5, 0.6) is 5.75 Å². The number of amides is 2. The Morgan fingerprint density at radius 3 is 2.59 bits per heavy atom. The van der Waals surface area contributed by atoms with Crippen LogP contribution in [0.1, 0.15) is 17.5 Å². The summed E-state index contributed by atoms with van der Waals surface area (Å²) in [6.45, 7) is 1.99. The van der Waals surface area contributed by atoms with Crippen molar-refractivity contribution in [2.75, 3.05) is 51.5 Å².